The lowest BCUT2D eigenvalue weighted by molar-refractivity contribution is 0.0978. The van der Waals surface area contributed by atoms with Gasteiger partial charge in [-0.1, -0.05) is 23.2 Å². The van der Waals surface area contributed by atoms with Crippen LogP contribution in [0.3, 0.4) is 0 Å². The van der Waals surface area contributed by atoms with E-state index in [2.05, 4.69) is 21.6 Å². The number of likely N-dealkylation sites (tertiary alicyclic amines) is 1. The highest BCUT2D eigenvalue weighted by molar-refractivity contribution is 7.98. The molecule has 1 saturated carbocycles. The largest absolute Gasteiger partial charge is 0.493 e. The van der Waals surface area contributed by atoms with Gasteiger partial charge in [-0.05, 0) is 92.7 Å². The number of rotatable bonds is 8. The minimum atomic E-state index is -2.81. The van der Waals surface area contributed by atoms with Crippen molar-refractivity contribution in [2.75, 3.05) is 26.0 Å². The van der Waals surface area contributed by atoms with Crippen LogP contribution >= 0.6 is 23.2 Å². The maximum atomic E-state index is 14.8. The van der Waals surface area contributed by atoms with E-state index in [1.165, 1.54) is 18.4 Å². The number of hydrogen-bond donors (Lipinski definition) is 1. The Morgan fingerprint density at radius 3 is 2.54 bits per heavy atom. The number of nitrogens with one attached hydrogen (secondary N) is 1. The van der Waals surface area contributed by atoms with Crippen LogP contribution < -0.4 is 9.46 Å². The van der Waals surface area contributed by atoms with E-state index in [4.69, 9.17) is 27.9 Å². The summed E-state index contributed by atoms with van der Waals surface area (Å²) < 4.78 is 35.0. The maximum Gasteiger partial charge on any atom is 0.265 e. The molecule has 198 valence electrons. The average molecular weight is 567 g/mol. The molecule has 0 spiro atoms. The Hall–Kier alpha value is -2.31. The van der Waals surface area contributed by atoms with Crippen molar-refractivity contribution in [3.63, 3.8) is 0 Å². The van der Waals surface area contributed by atoms with Crippen molar-refractivity contribution in [2.45, 2.75) is 44.6 Å². The summed E-state index contributed by atoms with van der Waals surface area (Å²) in [4.78, 5) is 14.7. The third-order valence-electron chi connectivity index (χ3n) is 6.99. The molecule has 1 amide bonds. The molecule has 37 heavy (non-hydrogen) atoms. The molecule has 1 N–H and O–H groups in total. The standard InChI is InChI=1S/C27H30Cl2FN3O3S/c1-16(20-10-19(28)11-24(29)23(20)14-31)33-8-6-17(7-9-33)15-36-26-13-25(30)22(12-21(26)18-4-5-18)27(34)32-37(2,3)35/h10-13,16-18H,2,4-9,15H2,1,3H3,(H,32,34,35)/t16-,37?/m0/s1. The molecule has 2 aromatic rings. The zero-order valence-electron chi connectivity index (χ0n) is 20.9. The number of nitrogens with zero attached hydrogens (tertiary/aromatic N) is 2. The predicted molar refractivity (Wildman–Crippen MR) is 146 cm³/mol. The van der Waals surface area contributed by atoms with Crippen molar-refractivity contribution in [3.8, 4) is 11.8 Å². The van der Waals surface area contributed by atoms with Gasteiger partial charge in [0, 0.05) is 33.1 Å². The van der Waals surface area contributed by atoms with Gasteiger partial charge in [0.25, 0.3) is 5.91 Å². The quantitative estimate of drug-likeness (QED) is 0.413. The van der Waals surface area contributed by atoms with Crippen LogP contribution in [0.2, 0.25) is 10.0 Å². The van der Waals surface area contributed by atoms with Crippen molar-refractivity contribution in [2.24, 2.45) is 5.92 Å². The summed E-state index contributed by atoms with van der Waals surface area (Å²) in [5, 5.41) is 10.4. The Balaban J connectivity index is 1.40. The van der Waals surface area contributed by atoms with Gasteiger partial charge < -0.3 is 4.74 Å². The van der Waals surface area contributed by atoms with E-state index < -0.39 is 21.4 Å². The van der Waals surface area contributed by atoms with Gasteiger partial charge in [-0.25, -0.2) is 8.60 Å². The Labute approximate surface area is 227 Å². The van der Waals surface area contributed by atoms with Crippen LogP contribution in [-0.2, 0) is 9.71 Å². The zero-order chi connectivity index (χ0) is 26.9. The third-order valence-corrected chi connectivity index (χ3v) is 8.12. The maximum absolute atomic E-state index is 14.8. The minimum Gasteiger partial charge on any atom is -0.493 e. The molecule has 6 nitrogen and oxygen atoms in total. The number of benzene rings is 2. The van der Waals surface area contributed by atoms with Gasteiger partial charge in [0.15, 0.2) is 0 Å². The molecular formula is C27H30Cl2FN3O3S. The summed E-state index contributed by atoms with van der Waals surface area (Å²) in [6.07, 6.45) is 4.97. The summed E-state index contributed by atoms with van der Waals surface area (Å²) in [6, 6.07) is 8.36. The average Bonchev–Trinajstić information content (AvgIpc) is 3.66. The molecule has 2 atom stereocenters. The van der Waals surface area contributed by atoms with E-state index in [0.717, 1.165) is 49.9 Å². The van der Waals surface area contributed by atoms with Crippen molar-refractivity contribution < 1.29 is 18.1 Å². The van der Waals surface area contributed by atoms with E-state index >= 15 is 0 Å². The van der Waals surface area contributed by atoms with Crippen molar-refractivity contribution in [3.05, 3.63) is 62.4 Å². The number of carbonyl (C=O) groups excluding carboxylic acids is 1. The van der Waals surface area contributed by atoms with Gasteiger partial charge >= 0.3 is 0 Å². The van der Waals surface area contributed by atoms with Crippen LogP contribution in [-0.4, -0.2) is 46.8 Å². The van der Waals surface area contributed by atoms with E-state index in [1.807, 2.05) is 6.92 Å². The van der Waals surface area contributed by atoms with E-state index in [-0.39, 0.29) is 23.4 Å². The number of nitriles is 1. The molecule has 2 aliphatic rings. The first kappa shape index (κ1) is 27.7. The third kappa shape index (κ3) is 6.77. The highest BCUT2D eigenvalue weighted by Gasteiger charge is 2.31. The fourth-order valence-corrected chi connectivity index (χ4v) is 5.84. The van der Waals surface area contributed by atoms with Crippen LogP contribution in [0.4, 0.5) is 4.39 Å². The summed E-state index contributed by atoms with van der Waals surface area (Å²) in [5.41, 5.74) is 1.94. The molecule has 1 aliphatic carbocycles. The van der Waals surface area contributed by atoms with Gasteiger partial charge in [0.2, 0.25) is 0 Å². The lowest BCUT2D eigenvalue weighted by Crippen LogP contribution is -2.37. The second-order valence-electron chi connectivity index (χ2n) is 10.0. The van der Waals surface area contributed by atoms with Crippen molar-refractivity contribution >= 4 is 44.7 Å². The lowest BCUT2D eigenvalue weighted by atomic mass is 9.94. The Morgan fingerprint density at radius 1 is 1.27 bits per heavy atom. The molecular weight excluding hydrogens is 536 g/mol. The van der Waals surface area contributed by atoms with Gasteiger partial charge in [-0.2, -0.15) is 5.26 Å². The number of piperidine rings is 1. The fourth-order valence-electron chi connectivity index (χ4n) is 4.79. The first-order valence-electron chi connectivity index (χ1n) is 12.2. The molecule has 0 radical (unpaired) electrons. The number of halogens is 3. The highest BCUT2D eigenvalue weighted by atomic mass is 35.5. The number of hydrogen-bond acceptors (Lipinski definition) is 5. The highest BCUT2D eigenvalue weighted by Crippen LogP contribution is 2.45. The van der Waals surface area contributed by atoms with Crippen molar-refractivity contribution in [1.82, 2.24) is 9.62 Å². The molecule has 1 saturated heterocycles. The Bertz CT molecular complexity index is 1350. The first-order valence-corrected chi connectivity index (χ1v) is 15.1. The molecule has 1 heterocycles. The van der Waals surface area contributed by atoms with Crippen molar-refractivity contribution in [1.29, 1.82) is 5.26 Å². The van der Waals surface area contributed by atoms with Crippen LogP contribution in [0, 0.1) is 23.1 Å². The van der Waals surface area contributed by atoms with E-state index in [9.17, 15) is 18.7 Å². The molecule has 10 heteroatoms. The van der Waals surface area contributed by atoms with Gasteiger partial charge in [-0.3, -0.25) is 14.4 Å². The Kier molecular flexibility index (Phi) is 8.39. The zero-order valence-corrected chi connectivity index (χ0v) is 23.2. The fraction of sp³-hybridized carbons (Fsp3) is 0.444. The molecule has 0 bridgehead atoms. The Morgan fingerprint density at radius 2 is 1.95 bits per heavy atom. The summed E-state index contributed by atoms with van der Waals surface area (Å²) >= 11 is 12.4. The summed E-state index contributed by atoms with van der Waals surface area (Å²) in [5.74, 6) is 2.94. The molecule has 2 fully saturated rings. The minimum absolute atomic E-state index is 0.0156. The second kappa shape index (κ2) is 11.2. The van der Waals surface area contributed by atoms with Crippen LogP contribution in [0.25, 0.3) is 0 Å². The molecule has 2 aromatic carbocycles. The van der Waals surface area contributed by atoms with E-state index in [0.29, 0.717) is 28.0 Å². The van der Waals surface area contributed by atoms with Crippen LogP contribution in [0.5, 0.6) is 5.75 Å². The number of carbonyl (C=O) groups is 1. The smallest absolute Gasteiger partial charge is 0.265 e. The van der Waals surface area contributed by atoms with Gasteiger partial charge in [0.05, 0.1) is 22.8 Å². The summed E-state index contributed by atoms with van der Waals surface area (Å²) in [6.45, 7) is 4.12. The monoisotopic (exact) mass is 565 g/mol. The molecule has 1 unspecified atom stereocenters. The lowest BCUT2D eigenvalue weighted by Gasteiger charge is -2.36. The SMILES string of the molecule is C=S(C)(=O)NC(=O)c1cc(C2CC2)c(OCC2CCN([C@@H](C)c3cc(Cl)cc(Cl)c3C#N)CC2)cc1F. The van der Waals surface area contributed by atoms with E-state index in [1.54, 1.807) is 12.1 Å². The van der Waals surface area contributed by atoms with Gasteiger partial charge in [0.1, 0.15) is 17.6 Å². The molecule has 4 rings (SSSR count). The first-order chi connectivity index (χ1) is 17.5. The van der Waals surface area contributed by atoms with Crippen LogP contribution in [0.15, 0.2) is 24.3 Å². The number of amides is 1. The molecule has 0 aromatic heterocycles. The molecule has 1 aliphatic heterocycles. The predicted octanol–water partition coefficient (Wildman–Crippen LogP) is 5.72. The number of ether oxygens (including phenoxy) is 1. The normalized spacial score (nSPS) is 19.0. The second-order valence-corrected chi connectivity index (χ2v) is 13.1. The van der Waals surface area contributed by atoms with Gasteiger partial charge in [-0.15, -0.1) is 0 Å². The summed E-state index contributed by atoms with van der Waals surface area (Å²) in [7, 11) is -2.81. The van der Waals surface area contributed by atoms with Crippen LogP contribution in [0.1, 0.15) is 71.6 Å². The topological polar surface area (TPSA) is 82.4 Å².